The lowest BCUT2D eigenvalue weighted by atomic mass is 9.68. The Morgan fingerprint density at radius 3 is 2.66 bits per heavy atom. The number of nitrogens with zero attached hydrogens (tertiary/aromatic N) is 1. The maximum Gasteiger partial charge on any atom is 0.235 e. The average molecular weight is 391 g/mol. The number of amides is 1. The fourth-order valence-electron chi connectivity index (χ4n) is 4.14. The number of hydrogen-bond donors (Lipinski definition) is 1. The van der Waals surface area contributed by atoms with E-state index in [0.29, 0.717) is 23.6 Å². The topological polar surface area (TPSA) is 62.1 Å². The van der Waals surface area contributed by atoms with Crippen molar-refractivity contribution in [2.24, 2.45) is 0 Å². The van der Waals surface area contributed by atoms with Crippen LogP contribution < -0.4 is 10.1 Å². The van der Waals surface area contributed by atoms with E-state index in [9.17, 15) is 10.1 Å². The highest BCUT2D eigenvalue weighted by molar-refractivity contribution is 6.00. The van der Waals surface area contributed by atoms with Gasteiger partial charge in [-0.2, -0.15) is 5.26 Å². The van der Waals surface area contributed by atoms with Gasteiger partial charge in [-0.25, -0.2) is 0 Å². The van der Waals surface area contributed by atoms with Crippen molar-refractivity contribution in [3.63, 3.8) is 0 Å². The molecule has 1 amide bonds. The lowest BCUT2D eigenvalue weighted by Crippen LogP contribution is -2.42. The van der Waals surface area contributed by atoms with E-state index in [4.69, 9.17) is 4.74 Å². The summed E-state index contributed by atoms with van der Waals surface area (Å²) in [4.78, 5) is 13.5. The van der Waals surface area contributed by atoms with Crippen LogP contribution in [0.1, 0.15) is 68.6 Å². The SMILES string of the molecule is CCCCOc1ccc(NC(=O)C2(c3cccc(C)c3)CCCCC2)c(C#N)c1. The Labute approximate surface area is 173 Å². The van der Waals surface area contributed by atoms with Crippen LogP contribution in [0.15, 0.2) is 42.5 Å². The Kier molecular flexibility index (Phi) is 6.93. The van der Waals surface area contributed by atoms with Gasteiger partial charge in [-0.3, -0.25) is 4.79 Å². The van der Waals surface area contributed by atoms with E-state index in [1.54, 1.807) is 12.1 Å². The van der Waals surface area contributed by atoms with Crippen LogP contribution in [0, 0.1) is 18.3 Å². The van der Waals surface area contributed by atoms with Crippen molar-refractivity contribution in [3.8, 4) is 11.8 Å². The lowest BCUT2D eigenvalue weighted by Gasteiger charge is -2.36. The zero-order chi connectivity index (χ0) is 20.7. The highest BCUT2D eigenvalue weighted by Crippen LogP contribution is 2.41. The normalized spacial score (nSPS) is 15.3. The lowest BCUT2D eigenvalue weighted by molar-refractivity contribution is -0.122. The Morgan fingerprint density at radius 1 is 1.17 bits per heavy atom. The Balaban J connectivity index is 1.85. The first-order chi connectivity index (χ1) is 14.1. The summed E-state index contributed by atoms with van der Waals surface area (Å²) in [6, 6.07) is 15.8. The number of anilines is 1. The van der Waals surface area contributed by atoms with Crippen LogP contribution in [0.2, 0.25) is 0 Å². The second kappa shape index (κ2) is 9.60. The molecule has 1 fully saturated rings. The minimum absolute atomic E-state index is 0.0149. The number of ether oxygens (including phenoxy) is 1. The third-order valence-corrected chi connectivity index (χ3v) is 5.84. The van der Waals surface area contributed by atoms with Gasteiger partial charge < -0.3 is 10.1 Å². The number of nitrogens with one attached hydrogen (secondary N) is 1. The first-order valence-corrected chi connectivity index (χ1v) is 10.6. The predicted molar refractivity (Wildman–Crippen MR) is 116 cm³/mol. The fraction of sp³-hybridized carbons (Fsp3) is 0.440. The van der Waals surface area contributed by atoms with Gasteiger partial charge in [-0.1, -0.05) is 62.4 Å². The number of unbranched alkanes of at least 4 members (excludes halogenated alkanes) is 1. The molecule has 29 heavy (non-hydrogen) atoms. The molecule has 0 heterocycles. The van der Waals surface area contributed by atoms with Crippen molar-refractivity contribution in [2.45, 2.75) is 64.2 Å². The van der Waals surface area contributed by atoms with Crippen molar-refractivity contribution >= 4 is 11.6 Å². The van der Waals surface area contributed by atoms with Gasteiger partial charge >= 0.3 is 0 Å². The van der Waals surface area contributed by atoms with E-state index in [1.807, 2.05) is 12.1 Å². The van der Waals surface area contributed by atoms with E-state index < -0.39 is 5.41 Å². The zero-order valence-electron chi connectivity index (χ0n) is 17.5. The molecule has 0 bridgehead atoms. The minimum Gasteiger partial charge on any atom is -0.494 e. The van der Waals surface area contributed by atoms with Gasteiger partial charge in [0.1, 0.15) is 11.8 Å². The van der Waals surface area contributed by atoms with Crippen LogP contribution >= 0.6 is 0 Å². The zero-order valence-corrected chi connectivity index (χ0v) is 17.5. The molecule has 0 aliphatic heterocycles. The van der Waals surface area contributed by atoms with E-state index in [-0.39, 0.29) is 5.91 Å². The molecule has 1 N–H and O–H groups in total. The van der Waals surface area contributed by atoms with E-state index in [0.717, 1.165) is 56.1 Å². The average Bonchev–Trinajstić information content (AvgIpc) is 2.75. The molecule has 1 aliphatic rings. The smallest absolute Gasteiger partial charge is 0.235 e. The summed E-state index contributed by atoms with van der Waals surface area (Å²) >= 11 is 0. The molecule has 0 radical (unpaired) electrons. The van der Waals surface area contributed by atoms with Crippen LogP contribution in [0.4, 0.5) is 5.69 Å². The van der Waals surface area contributed by atoms with E-state index in [1.165, 1.54) is 0 Å². The quantitative estimate of drug-likeness (QED) is 0.600. The second-order valence-corrected chi connectivity index (χ2v) is 7.99. The summed E-state index contributed by atoms with van der Waals surface area (Å²) in [5, 5.41) is 12.7. The number of carbonyl (C=O) groups excluding carboxylic acids is 1. The van der Waals surface area contributed by atoms with E-state index >= 15 is 0 Å². The third kappa shape index (κ3) is 4.79. The summed E-state index contributed by atoms with van der Waals surface area (Å²) < 4.78 is 5.70. The van der Waals surface area contributed by atoms with Crippen molar-refractivity contribution in [1.82, 2.24) is 0 Å². The molecule has 2 aromatic rings. The molecule has 0 unspecified atom stereocenters. The molecule has 2 aromatic carbocycles. The first kappa shape index (κ1) is 20.9. The highest BCUT2D eigenvalue weighted by Gasteiger charge is 2.41. The van der Waals surface area contributed by atoms with Crippen molar-refractivity contribution in [2.75, 3.05) is 11.9 Å². The maximum atomic E-state index is 13.5. The van der Waals surface area contributed by atoms with Gasteiger partial charge in [0.05, 0.1) is 23.3 Å². The van der Waals surface area contributed by atoms with Crippen LogP contribution in [0.3, 0.4) is 0 Å². The molecule has 0 atom stereocenters. The van der Waals surface area contributed by atoms with Crippen molar-refractivity contribution in [3.05, 3.63) is 59.2 Å². The number of benzene rings is 2. The molecule has 4 nitrogen and oxygen atoms in total. The summed E-state index contributed by atoms with van der Waals surface area (Å²) in [6.45, 7) is 4.80. The van der Waals surface area contributed by atoms with Gasteiger partial charge in [-0.15, -0.1) is 0 Å². The monoisotopic (exact) mass is 390 g/mol. The van der Waals surface area contributed by atoms with E-state index in [2.05, 4.69) is 43.4 Å². The predicted octanol–water partition coefficient (Wildman–Crippen LogP) is 5.89. The van der Waals surface area contributed by atoms with Crippen LogP contribution in [-0.2, 0) is 10.2 Å². The van der Waals surface area contributed by atoms with Crippen LogP contribution in [-0.4, -0.2) is 12.5 Å². The van der Waals surface area contributed by atoms with Gasteiger partial charge in [0.2, 0.25) is 5.91 Å². The molecule has 0 spiro atoms. The van der Waals surface area contributed by atoms with Gasteiger partial charge in [0.25, 0.3) is 0 Å². The third-order valence-electron chi connectivity index (χ3n) is 5.84. The summed E-state index contributed by atoms with van der Waals surface area (Å²) in [5.41, 5.74) is 2.69. The summed E-state index contributed by atoms with van der Waals surface area (Å²) in [6.07, 6.45) is 6.94. The molecule has 0 aromatic heterocycles. The molecule has 0 saturated heterocycles. The Hall–Kier alpha value is -2.80. The maximum absolute atomic E-state index is 13.5. The molecule has 3 rings (SSSR count). The first-order valence-electron chi connectivity index (χ1n) is 10.6. The minimum atomic E-state index is -0.534. The van der Waals surface area contributed by atoms with Gasteiger partial charge in [0.15, 0.2) is 0 Å². The molecule has 152 valence electrons. The number of rotatable bonds is 7. The van der Waals surface area contributed by atoms with Gasteiger partial charge in [-0.05, 0) is 49.9 Å². The number of nitriles is 1. The largest absolute Gasteiger partial charge is 0.494 e. The standard InChI is InChI=1S/C25H30N2O2/c1-3-4-15-29-22-11-12-23(20(17-22)18-26)27-24(28)25(13-6-5-7-14-25)21-10-8-9-19(2)16-21/h8-12,16-17H,3-7,13-15H2,1-2H3,(H,27,28). The van der Waals surface area contributed by atoms with Gasteiger partial charge in [0, 0.05) is 0 Å². The fourth-order valence-corrected chi connectivity index (χ4v) is 4.14. The number of aryl methyl sites for hydroxylation is 1. The summed E-state index contributed by atoms with van der Waals surface area (Å²) in [7, 11) is 0. The van der Waals surface area contributed by atoms with Crippen molar-refractivity contribution in [1.29, 1.82) is 5.26 Å². The molecule has 1 aliphatic carbocycles. The molecule has 4 heteroatoms. The second-order valence-electron chi connectivity index (χ2n) is 7.99. The Bertz CT molecular complexity index is 892. The van der Waals surface area contributed by atoms with Crippen molar-refractivity contribution < 1.29 is 9.53 Å². The summed E-state index contributed by atoms with van der Waals surface area (Å²) in [5.74, 6) is 0.651. The Morgan fingerprint density at radius 2 is 1.97 bits per heavy atom. The number of hydrogen-bond acceptors (Lipinski definition) is 3. The molecule has 1 saturated carbocycles. The molecular formula is C25H30N2O2. The van der Waals surface area contributed by atoms with Crippen LogP contribution in [0.25, 0.3) is 0 Å². The number of carbonyl (C=O) groups is 1. The highest BCUT2D eigenvalue weighted by atomic mass is 16.5. The molecular weight excluding hydrogens is 360 g/mol. The van der Waals surface area contributed by atoms with Crippen LogP contribution in [0.5, 0.6) is 5.75 Å².